The minimum absolute atomic E-state index is 0.0391. The van der Waals surface area contributed by atoms with E-state index in [0.29, 0.717) is 29.5 Å². The van der Waals surface area contributed by atoms with Gasteiger partial charge >= 0.3 is 0 Å². The lowest BCUT2D eigenvalue weighted by Gasteiger charge is -2.34. The molecule has 2 aromatic carbocycles. The number of carbonyl (C=O) groups is 2. The Balaban J connectivity index is 1.85. The van der Waals surface area contributed by atoms with E-state index in [1.165, 1.54) is 0 Å². The van der Waals surface area contributed by atoms with Crippen LogP contribution in [0.1, 0.15) is 36.7 Å². The molecular weight excluding hydrogens is 328 g/mol. The van der Waals surface area contributed by atoms with Gasteiger partial charge in [0.2, 0.25) is 0 Å². The molecule has 3 rings (SSSR count). The second kappa shape index (κ2) is 7.20. The van der Waals surface area contributed by atoms with Crippen molar-refractivity contribution in [1.29, 1.82) is 0 Å². The Labute approximate surface area is 154 Å². The van der Waals surface area contributed by atoms with Crippen molar-refractivity contribution in [3.05, 3.63) is 53.6 Å². The van der Waals surface area contributed by atoms with Crippen LogP contribution in [0.25, 0.3) is 0 Å². The van der Waals surface area contributed by atoms with Crippen LogP contribution in [0, 0.1) is 12.8 Å². The van der Waals surface area contributed by atoms with Crippen molar-refractivity contribution in [3.8, 4) is 5.75 Å². The first kappa shape index (κ1) is 18.0. The molecule has 0 fully saturated rings. The number of ether oxygens (including phenoxy) is 1. The Hall–Kier alpha value is -2.82. The lowest BCUT2D eigenvalue weighted by molar-refractivity contribution is -0.125. The highest BCUT2D eigenvalue weighted by atomic mass is 16.5. The molecule has 2 amide bonds. The maximum Gasteiger partial charge on any atom is 0.267 e. The van der Waals surface area contributed by atoms with Crippen molar-refractivity contribution in [2.75, 3.05) is 16.8 Å². The largest absolute Gasteiger partial charge is 0.479 e. The minimum atomic E-state index is -0.538. The van der Waals surface area contributed by atoms with Crippen LogP contribution in [0.2, 0.25) is 0 Å². The normalized spacial score (nSPS) is 16.3. The predicted molar refractivity (Wildman–Crippen MR) is 103 cm³/mol. The Kier molecular flexibility index (Phi) is 4.98. The molecule has 0 aliphatic carbocycles. The van der Waals surface area contributed by atoms with Crippen LogP contribution in [-0.4, -0.2) is 24.5 Å². The van der Waals surface area contributed by atoms with Crippen molar-refractivity contribution in [3.63, 3.8) is 0 Å². The van der Waals surface area contributed by atoms with Gasteiger partial charge < -0.3 is 15.0 Å². The summed E-state index contributed by atoms with van der Waals surface area (Å²) < 4.78 is 5.76. The number of amides is 2. The highest BCUT2D eigenvalue weighted by Crippen LogP contribution is 2.36. The van der Waals surface area contributed by atoms with Gasteiger partial charge in [-0.05, 0) is 44.0 Å². The summed E-state index contributed by atoms with van der Waals surface area (Å²) in [6.45, 7) is 8.48. The number of hydrogen-bond donors (Lipinski definition) is 1. The average molecular weight is 352 g/mol. The molecule has 1 aliphatic rings. The molecule has 1 unspecified atom stereocenters. The molecule has 26 heavy (non-hydrogen) atoms. The highest BCUT2D eigenvalue weighted by Gasteiger charge is 2.32. The van der Waals surface area contributed by atoms with Crippen LogP contribution < -0.4 is 15.0 Å². The lowest BCUT2D eigenvalue weighted by Crippen LogP contribution is -2.46. The summed E-state index contributed by atoms with van der Waals surface area (Å²) >= 11 is 0. The van der Waals surface area contributed by atoms with Gasteiger partial charge in [-0.3, -0.25) is 9.59 Å². The number of rotatable bonds is 4. The molecule has 5 heteroatoms. The Morgan fingerprint density at radius 3 is 2.69 bits per heavy atom. The van der Waals surface area contributed by atoms with Gasteiger partial charge in [0.15, 0.2) is 6.10 Å². The van der Waals surface area contributed by atoms with Crippen LogP contribution >= 0.6 is 0 Å². The number of aryl methyl sites for hydroxylation is 1. The van der Waals surface area contributed by atoms with Gasteiger partial charge in [0, 0.05) is 23.9 Å². The zero-order chi connectivity index (χ0) is 18.8. The van der Waals surface area contributed by atoms with E-state index in [4.69, 9.17) is 4.74 Å². The number of nitrogens with zero attached hydrogens (tertiary/aromatic N) is 1. The van der Waals surface area contributed by atoms with Crippen molar-refractivity contribution in [2.45, 2.75) is 33.8 Å². The number of fused-ring (bicyclic) bond motifs is 1. The number of nitrogens with one attached hydrogen (secondary N) is 1. The fourth-order valence-corrected chi connectivity index (χ4v) is 3.03. The molecule has 0 bridgehead atoms. The molecule has 1 N–H and O–H groups in total. The lowest BCUT2D eigenvalue weighted by atomic mass is 10.1. The van der Waals surface area contributed by atoms with E-state index in [9.17, 15) is 9.59 Å². The van der Waals surface area contributed by atoms with Gasteiger partial charge in [-0.25, -0.2) is 0 Å². The van der Waals surface area contributed by atoms with E-state index >= 15 is 0 Å². The van der Waals surface area contributed by atoms with E-state index in [0.717, 1.165) is 11.3 Å². The third-order valence-corrected chi connectivity index (χ3v) is 4.25. The van der Waals surface area contributed by atoms with Crippen molar-refractivity contribution >= 4 is 23.2 Å². The summed E-state index contributed by atoms with van der Waals surface area (Å²) in [4.78, 5) is 26.6. The fraction of sp³-hybridized carbons (Fsp3) is 0.333. The summed E-state index contributed by atoms with van der Waals surface area (Å²) in [5, 5.41) is 2.89. The zero-order valence-electron chi connectivity index (χ0n) is 15.6. The molecule has 0 aromatic heterocycles. The summed E-state index contributed by atoms with van der Waals surface area (Å²) in [5.41, 5.74) is 3.02. The van der Waals surface area contributed by atoms with E-state index in [1.54, 1.807) is 30.0 Å². The molecule has 1 atom stereocenters. The minimum Gasteiger partial charge on any atom is -0.479 e. The first-order valence-electron chi connectivity index (χ1n) is 8.85. The zero-order valence-corrected chi connectivity index (χ0v) is 15.6. The number of benzene rings is 2. The van der Waals surface area contributed by atoms with Crippen LogP contribution in [0.4, 0.5) is 11.4 Å². The average Bonchev–Trinajstić information content (AvgIpc) is 2.58. The van der Waals surface area contributed by atoms with Gasteiger partial charge in [-0.2, -0.15) is 0 Å². The summed E-state index contributed by atoms with van der Waals surface area (Å²) in [6, 6.07) is 12.8. The van der Waals surface area contributed by atoms with Crippen molar-refractivity contribution in [2.24, 2.45) is 5.92 Å². The van der Waals surface area contributed by atoms with Gasteiger partial charge in [0.25, 0.3) is 11.8 Å². The van der Waals surface area contributed by atoms with E-state index in [2.05, 4.69) is 19.2 Å². The smallest absolute Gasteiger partial charge is 0.267 e. The quantitative estimate of drug-likeness (QED) is 0.904. The maximum atomic E-state index is 12.4. The van der Waals surface area contributed by atoms with E-state index in [1.807, 2.05) is 31.2 Å². The standard InChI is InChI=1S/C21H24N2O3/c1-13(2)12-23-18-9-8-17(11-19(18)26-15(4)21(23)25)22-20(24)16-7-5-6-14(3)10-16/h5-11,13,15H,12H2,1-4H3,(H,22,24). The highest BCUT2D eigenvalue weighted by molar-refractivity contribution is 6.05. The van der Waals surface area contributed by atoms with Gasteiger partial charge in [-0.15, -0.1) is 0 Å². The van der Waals surface area contributed by atoms with Gasteiger partial charge in [-0.1, -0.05) is 31.5 Å². The molecular formula is C21H24N2O3. The molecule has 0 spiro atoms. The summed E-state index contributed by atoms with van der Waals surface area (Å²) in [7, 11) is 0. The number of anilines is 2. The number of hydrogen-bond acceptors (Lipinski definition) is 3. The van der Waals surface area contributed by atoms with Crippen LogP contribution in [-0.2, 0) is 4.79 Å². The topological polar surface area (TPSA) is 58.6 Å². The molecule has 5 nitrogen and oxygen atoms in total. The van der Waals surface area contributed by atoms with Crippen LogP contribution in [0.3, 0.4) is 0 Å². The molecule has 136 valence electrons. The van der Waals surface area contributed by atoms with Crippen molar-refractivity contribution < 1.29 is 14.3 Å². The molecule has 1 heterocycles. The van der Waals surface area contributed by atoms with Gasteiger partial charge in [0.05, 0.1) is 5.69 Å². The number of carbonyl (C=O) groups excluding carboxylic acids is 2. The maximum absolute atomic E-state index is 12.4. The summed E-state index contributed by atoms with van der Waals surface area (Å²) in [6.07, 6.45) is -0.538. The Bertz CT molecular complexity index is 845. The molecule has 0 saturated heterocycles. The monoisotopic (exact) mass is 352 g/mol. The first-order valence-corrected chi connectivity index (χ1v) is 8.85. The predicted octanol–water partition coefficient (Wildman–Crippen LogP) is 4.02. The third kappa shape index (κ3) is 3.72. The van der Waals surface area contributed by atoms with Gasteiger partial charge in [0.1, 0.15) is 5.75 Å². The molecule has 2 aromatic rings. The summed E-state index contributed by atoms with van der Waals surface area (Å²) in [5.74, 6) is 0.743. The second-order valence-corrected chi connectivity index (χ2v) is 7.11. The Morgan fingerprint density at radius 1 is 1.23 bits per heavy atom. The first-order chi connectivity index (χ1) is 12.3. The third-order valence-electron chi connectivity index (χ3n) is 4.25. The molecule has 0 saturated carbocycles. The van der Waals surface area contributed by atoms with E-state index < -0.39 is 6.10 Å². The Morgan fingerprint density at radius 2 is 2.00 bits per heavy atom. The molecule has 1 aliphatic heterocycles. The van der Waals surface area contributed by atoms with Crippen molar-refractivity contribution in [1.82, 2.24) is 0 Å². The second-order valence-electron chi connectivity index (χ2n) is 7.11. The fourth-order valence-electron chi connectivity index (χ4n) is 3.03. The van der Waals surface area contributed by atoms with E-state index in [-0.39, 0.29) is 11.8 Å². The molecule has 0 radical (unpaired) electrons. The van der Waals surface area contributed by atoms with Crippen LogP contribution in [0.5, 0.6) is 5.75 Å². The van der Waals surface area contributed by atoms with Crippen LogP contribution in [0.15, 0.2) is 42.5 Å². The SMILES string of the molecule is Cc1cccc(C(=O)Nc2ccc3c(c2)OC(C)C(=O)N3CC(C)C)c1.